The number of aromatic nitrogens is 4. The van der Waals surface area contributed by atoms with Crippen LogP contribution in [0.1, 0.15) is 62.0 Å². The van der Waals surface area contributed by atoms with Gasteiger partial charge in [0.15, 0.2) is 0 Å². The van der Waals surface area contributed by atoms with Gasteiger partial charge in [-0.1, -0.05) is 12.8 Å². The average molecular weight is 283 g/mol. The second kappa shape index (κ2) is 5.47. The van der Waals surface area contributed by atoms with Crippen molar-refractivity contribution in [3.8, 4) is 0 Å². The Morgan fingerprint density at radius 3 is 2.81 bits per heavy atom. The van der Waals surface area contributed by atoms with Crippen LogP contribution >= 0.6 is 0 Å². The predicted octanol–water partition coefficient (Wildman–Crippen LogP) is 3.28. The number of hydrogen-bond acceptors (Lipinski definition) is 4. The SMILES string of the molecule is c1cc(NCc2ccn(C3CCCC3)n2)nc(C2CC2)n1. The molecule has 0 atom stereocenters. The van der Waals surface area contributed by atoms with Crippen molar-refractivity contribution in [3.05, 3.63) is 36.0 Å². The lowest BCUT2D eigenvalue weighted by molar-refractivity contribution is 0.463. The van der Waals surface area contributed by atoms with E-state index in [1.54, 1.807) is 0 Å². The van der Waals surface area contributed by atoms with Gasteiger partial charge in [-0.2, -0.15) is 5.10 Å². The van der Waals surface area contributed by atoms with E-state index >= 15 is 0 Å². The van der Waals surface area contributed by atoms with E-state index in [-0.39, 0.29) is 0 Å². The van der Waals surface area contributed by atoms with Crippen LogP contribution in [-0.2, 0) is 6.54 Å². The van der Waals surface area contributed by atoms with Crippen molar-refractivity contribution in [2.24, 2.45) is 0 Å². The summed E-state index contributed by atoms with van der Waals surface area (Å²) in [5, 5.41) is 8.05. The molecule has 110 valence electrons. The first-order valence-corrected chi connectivity index (χ1v) is 7.99. The summed E-state index contributed by atoms with van der Waals surface area (Å²) < 4.78 is 2.14. The second-order valence-electron chi connectivity index (χ2n) is 6.15. The lowest BCUT2D eigenvalue weighted by atomic mass is 10.3. The molecule has 2 saturated carbocycles. The molecule has 2 aliphatic rings. The molecule has 0 bridgehead atoms. The number of nitrogens with one attached hydrogen (secondary N) is 1. The summed E-state index contributed by atoms with van der Waals surface area (Å²) in [5.74, 6) is 2.48. The van der Waals surface area contributed by atoms with E-state index in [0.29, 0.717) is 12.0 Å². The second-order valence-corrected chi connectivity index (χ2v) is 6.15. The maximum absolute atomic E-state index is 4.69. The fourth-order valence-corrected chi connectivity index (χ4v) is 3.04. The number of hydrogen-bond donors (Lipinski definition) is 1. The molecule has 0 amide bonds. The van der Waals surface area contributed by atoms with Crippen LogP contribution in [0, 0.1) is 0 Å². The van der Waals surface area contributed by atoms with Gasteiger partial charge in [0.2, 0.25) is 0 Å². The van der Waals surface area contributed by atoms with Gasteiger partial charge in [0.1, 0.15) is 11.6 Å². The summed E-state index contributed by atoms with van der Waals surface area (Å²) in [6.07, 6.45) is 11.6. The highest BCUT2D eigenvalue weighted by atomic mass is 15.3. The normalized spacial score (nSPS) is 19.0. The first-order valence-electron chi connectivity index (χ1n) is 7.99. The Morgan fingerprint density at radius 1 is 1.14 bits per heavy atom. The van der Waals surface area contributed by atoms with E-state index in [4.69, 9.17) is 0 Å². The van der Waals surface area contributed by atoms with Crippen molar-refractivity contribution in [3.63, 3.8) is 0 Å². The quantitative estimate of drug-likeness (QED) is 0.915. The topological polar surface area (TPSA) is 55.6 Å². The van der Waals surface area contributed by atoms with Crippen molar-refractivity contribution in [1.29, 1.82) is 0 Å². The minimum atomic E-state index is 0.591. The molecule has 2 heterocycles. The van der Waals surface area contributed by atoms with Crippen molar-refractivity contribution in [2.75, 3.05) is 5.32 Å². The van der Waals surface area contributed by atoms with E-state index in [0.717, 1.165) is 23.9 Å². The Bertz CT molecular complexity index is 611. The third kappa shape index (κ3) is 2.91. The molecule has 0 radical (unpaired) electrons. The zero-order chi connectivity index (χ0) is 14.1. The smallest absolute Gasteiger partial charge is 0.133 e. The van der Waals surface area contributed by atoms with Crippen LogP contribution in [0.5, 0.6) is 0 Å². The van der Waals surface area contributed by atoms with Gasteiger partial charge in [0.25, 0.3) is 0 Å². The minimum Gasteiger partial charge on any atom is -0.364 e. The van der Waals surface area contributed by atoms with E-state index in [9.17, 15) is 0 Å². The van der Waals surface area contributed by atoms with Gasteiger partial charge in [-0.15, -0.1) is 0 Å². The molecule has 21 heavy (non-hydrogen) atoms. The highest BCUT2D eigenvalue weighted by Gasteiger charge is 2.26. The number of anilines is 1. The third-order valence-electron chi connectivity index (χ3n) is 4.43. The fourth-order valence-electron chi connectivity index (χ4n) is 3.04. The lowest BCUT2D eigenvalue weighted by Crippen LogP contribution is -2.08. The molecule has 2 aromatic heterocycles. The molecule has 2 aliphatic carbocycles. The molecule has 5 nitrogen and oxygen atoms in total. The summed E-state index contributed by atoms with van der Waals surface area (Å²) in [4.78, 5) is 8.92. The number of nitrogens with zero attached hydrogens (tertiary/aromatic N) is 4. The molecular formula is C16H21N5. The molecule has 1 N–H and O–H groups in total. The minimum absolute atomic E-state index is 0.591. The van der Waals surface area contributed by atoms with Gasteiger partial charge in [-0.05, 0) is 37.8 Å². The number of rotatable bonds is 5. The van der Waals surface area contributed by atoms with Gasteiger partial charge >= 0.3 is 0 Å². The average Bonchev–Trinajstić information content (AvgIpc) is 3.02. The highest BCUT2D eigenvalue weighted by Crippen LogP contribution is 2.38. The Balaban J connectivity index is 1.38. The van der Waals surface area contributed by atoms with Crippen LogP contribution in [0.3, 0.4) is 0 Å². The van der Waals surface area contributed by atoms with Gasteiger partial charge in [-0.3, -0.25) is 4.68 Å². The monoisotopic (exact) mass is 283 g/mol. The molecule has 4 rings (SSSR count). The van der Waals surface area contributed by atoms with Crippen molar-refractivity contribution in [2.45, 2.75) is 57.0 Å². The third-order valence-corrected chi connectivity index (χ3v) is 4.43. The Kier molecular flexibility index (Phi) is 3.33. The molecule has 2 aromatic rings. The molecule has 5 heteroatoms. The van der Waals surface area contributed by atoms with E-state index in [1.165, 1.54) is 38.5 Å². The van der Waals surface area contributed by atoms with E-state index in [1.807, 2.05) is 12.3 Å². The van der Waals surface area contributed by atoms with Crippen molar-refractivity contribution in [1.82, 2.24) is 19.7 Å². The molecule has 0 aromatic carbocycles. The summed E-state index contributed by atoms with van der Waals surface area (Å²) in [7, 11) is 0. The maximum atomic E-state index is 4.69. The summed E-state index contributed by atoms with van der Waals surface area (Å²) >= 11 is 0. The van der Waals surface area contributed by atoms with Crippen LogP contribution < -0.4 is 5.32 Å². The summed E-state index contributed by atoms with van der Waals surface area (Å²) in [6.45, 7) is 0.723. The van der Waals surface area contributed by atoms with Gasteiger partial charge in [0.05, 0.1) is 18.3 Å². The fraction of sp³-hybridized carbons (Fsp3) is 0.562. The molecule has 0 aliphatic heterocycles. The summed E-state index contributed by atoms with van der Waals surface area (Å²) in [5.41, 5.74) is 1.08. The lowest BCUT2D eigenvalue weighted by Gasteiger charge is -2.09. The molecule has 2 fully saturated rings. The predicted molar refractivity (Wildman–Crippen MR) is 81.1 cm³/mol. The Labute approximate surface area is 124 Å². The van der Waals surface area contributed by atoms with Gasteiger partial charge in [-0.25, -0.2) is 9.97 Å². The highest BCUT2D eigenvalue weighted by molar-refractivity contribution is 5.34. The van der Waals surface area contributed by atoms with E-state index in [2.05, 4.69) is 37.3 Å². The van der Waals surface area contributed by atoms with Crippen molar-refractivity contribution >= 4 is 5.82 Å². The standard InChI is InChI=1S/C16H21N5/c1-2-4-14(3-1)21-10-8-13(20-21)11-18-15-7-9-17-16(19-15)12-5-6-12/h7-10,12,14H,1-6,11H2,(H,17,18,19). The molecule has 0 spiro atoms. The summed E-state index contributed by atoms with van der Waals surface area (Å²) in [6, 6.07) is 4.65. The Hall–Kier alpha value is -1.91. The van der Waals surface area contributed by atoms with Gasteiger partial charge in [0, 0.05) is 18.3 Å². The zero-order valence-corrected chi connectivity index (χ0v) is 12.2. The van der Waals surface area contributed by atoms with Crippen LogP contribution in [0.25, 0.3) is 0 Å². The maximum Gasteiger partial charge on any atom is 0.133 e. The van der Waals surface area contributed by atoms with Crippen LogP contribution in [0.15, 0.2) is 24.5 Å². The van der Waals surface area contributed by atoms with E-state index < -0.39 is 0 Å². The van der Waals surface area contributed by atoms with Crippen LogP contribution in [-0.4, -0.2) is 19.7 Å². The first-order chi connectivity index (χ1) is 10.4. The molecular weight excluding hydrogens is 262 g/mol. The van der Waals surface area contributed by atoms with Crippen LogP contribution in [0.2, 0.25) is 0 Å². The molecule has 0 saturated heterocycles. The molecule has 0 unspecified atom stereocenters. The van der Waals surface area contributed by atoms with Gasteiger partial charge < -0.3 is 5.32 Å². The van der Waals surface area contributed by atoms with Crippen LogP contribution in [0.4, 0.5) is 5.82 Å². The van der Waals surface area contributed by atoms with Crippen molar-refractivity contribution < 1.29 is 0 Å². The zero-order valence-electron chi connectivity index (χ0n) is 12.2. The first kappa shape index (κ1) is 12.8. The Morgan fingerprint density at radius 2 is 2.00 bits per heavy atom. The largest absolute Gasteiger partial charge is 0.364 e.